The van der Waals surface area contributed by atoms with Crippen molar-refractivity contribution in [2.75, 3.05) is 7.11 Å². The highest BCUT2D eigenvalue weighted by Gasteiger charge is 2.15. The fraction of sp³-hybridized carbons (Fsp3) is 0.273. The molecule has 1 aromatic carbocycles. The van der Waals surface area contributed by atoms with Gasteiger partial charge in [0.05, 0.1) is 13.2 Å². The molecule has 84 valence electrons. The molecule has 0 fully saturated rings. The fourth-order valence-corrected chi connectivity index (χ4v) is 1.29. The van der Waals surface area contributed by atoms with Gasteiger partial charge in [-0.2, -0.15) is 5.26 Å². The molecule has 1 rings (SSSR count). The number of carbonyl (C=O) groups is 1. The molecule has 0 aliphatic rings. The van der Waals surface area contributed by atoms with Gasteiger partial charge in [0.15, 0.2) is 11.5 Å². The standard InChI is InChI=1S/C11H12N2O3/c1-16-10-5-7(2-3-9(10)14)4-8(6-12)11(13)15/h2-3,5,8,14H,4H2,1H3,(H2,13,15). The van der Waals surface area contributed by atoms with Crippen LogP contribution in [0.2, 0.25) is 0 Å². The lowest BCUT2D eigenvalue weighted by molar-refractivity contribution is -0.120. The fourth-order valence-electron chi connectivity index (χ4n) is 1.29. The Balaban J connectivity index is 2.90. The van der Waals surface area contributed by atoms with Crippen molar-refractivity contribution in [1.29, 1.82) is 5.26 Å². The number of primary amides is 1. The number of carbonyl (C=O) groups excluding carboxylic acids is 1. The van der Waals surface area contributed by atoms with Gasteiger partial charge in [0.2, 0.25) is 5.91 Å². The molecule has 0 saturated carbocycles. The van der Waals surface area contributed by atoms with E-state index in [2.05, 4.69) is 0 Å². The summed E-state index contributed by atoms with van der Waals surface area (Å²) < 4.78 is 4.91. The highest BCUT2D eigenvalue weighted by molar-refractivity contribution is 5.79. The van der Waals surface area contributed by atoms with Gasteiger partial charge in [0, 0.05) is 0 Å². The molecule has 0 saturated heterocycles. The van der Waals surface area contributed by atoms with Crippen LogP contribution in [-0.2, 0) is 11.2 Å². The Morgan fingerprint density at radius 1 is 1.69 bits per heavy atom. The third-order valence-corrected chi connectivity index (χ3v) is 2.18. The molecule has 0 aliphatic carbocycles. The van der Waals surface area contributed by atoms with E-state index in [1.807, 2.05) is 6.07 Å². The number of aromatic hydroxyl groups is 1. The smallest absolute Gasteiger partial charge is 0.235 e. The summed E-state index contributed by atoms with van der Waals surface area (Å²) >= 11 is 0. The van der Waals surface area contributed by atoms with Crippen LogP contribution < -0.4 is 10.5 Å². The zero-order valence-corrected chi connectivity index (χ0v) is 8.80. The Labute approximate surface area is 93.1 Å². The lowest BCUT2D eigenvalue weighted by Gasteiger charge is -2.08. The van der Waals surface area contributed by atoms with Crippen LogP contribution in [0.3, 0.4) is 0 Å². The molecular formula is C11H12N2O3. The van der Waals surface area contributed by atoms with E-state index >= 15 is 0 Å². The maximum absolute atomic E-state index is 10.9. The van der Waals surface area contributed by atoms with Crippen LogP contribution in [0.25, 0.3) is 0 Å². The number of nitriles is 1. The van der Waals surface area contributed by atoms with Crippen molar-refractivity contribution in [3.63, 3.8) is 0 Å². The lowest BCUT2D eigenvalue weighted by Crippen LogP contribution is -2.23. The van der Waals surface area contributed by atoms with Crippen LogP contribution in [0.5, 0.6) is 11.5 Å². The topological polar surface area (TPSA) is 96.3 Å². The number of phenols is 1. The number of phenolic OH excluding ortho intramolecular Hbond substituents is 1. The predicted octanol–water partition coefficient (Wildman–Crippen LogP) is 0.568. The second-order valence-electron chi connectivity index (χ2n) is 3.29. The monoisotopic (exact) mass is 220 g/mol. The van der Waals surface area contributed by atoms with Crippen LogP contribution in [-0.4, -0.2) is 18.1 Å². The van der Waals surface area contributed by atoms with Crippen LogP contribution >= 0.6 is 0 Å². The van der Waals surface area contributed by atoms with Crippen molar-refractivity contribution in [3.05, 3.63) is 23.8 Å². The Bertz CT molecular complexity index is 437. The molecule has 0 spiro atoms. The first-order chi connectivity index (χ1) is 7.58. The van der Waals surface area contributed by atoms with Gasteiger partial charge in [-0.25, -0.2) is 0 Å². The van der Waals surface area contributed by atoms with E-state index in [1.54, 1.807) is 12.1 Å². The Morgan fingerprint density at radius 2 is 2.38 bits per heavy atom. The van der Waals surface area contributed by atoms with Gasteiger partial charge in [-0.05, 0) is 24.1 Å². The summed E-state index contributed by atoms with van der Waals surface area (Å²) in [4.78, 5) is 10.9. The van der Waals surface area contributed by atoms with E-state index < -0.39 is 11.8 Å². The second-order valence-corrected chi connectivity index (χ2v) is 3.29. The van der Waals surface area contributed by atoms with Gasteiger partial charge in [-0.1, -0.05) is 6.07 Å². The zero-order chi connectivity index (χ0) is 12.1. The number of ether oxygens (including phenoxy) is 1. The summed E-state index contributed by atoms with van der Waals surface area (Å²) in [6.07, 6.45) is 0.211. The molecule has 1 aromatic rings. The molecule has 0 bridgehead atoms. The van der Waals surface area contributed by atoms with E-state index in [-0.39, 0.29) is 12.2 Å². The molecule has 5 heteroatoms. The predicted molar refractivity (Wildman–Crippen MR) is 56.7 cm³/mol. The molecule has 0 radical (unpaired) electrons. The lowest BCUT2D eigenvalue weighted by atomic mass is 10.00. The molecule has 1 amide bonds. The van der Waals surface area contributed by atoms with Crippen molar-refractivity contribution in [3.8, 4) is 17.6 Å². The summed E-state index contributed by atoms with van der Waals surface area (Å²) in [6.45, 7) is 0. The third kappa shape index (κ3) is 2.64. The van der Waals surface area contributed by atoms with Crippen LogP contribution in [0, 0.1) is 17.2 Å². The van der Waals surface area contributed by atoms with Gasteiger partial charge < -0.3 is 15.6 Å². The number of rotatable bonds is 4. The summed E-state index contributed by atoms with van der Waals surface area (Å²) in [6, 6.07) is 6.46. The number of methoxy groups -OCH3 is 1. The maximum atomic E-state index is 10.9. The van der Waals surface area contributed by atoms with Crippen molar-refractivity contribution in [1.82, 2.24) is 0 Å². The van der Waals surface area contributed by atoms with Gasteiger partial charge in [0.1, 0.15) is 5.92 Å². The van der Waals surface area contributed by atoms with Crippen LogP contribution in [0.15, 0.2) is 18.2 Å². The quantitative estimate of drug-likeness (QED) is 0.775. The summed E-state index contributed by atoms with van der Waals surface area (Å²) in [5.41, 5.74) is 5.76. The summed E-state index contributed by atoms with van der Waals surface area (Å²) in [5, 5.41) is 18.1. The SMILES string of the molecule is COc1cc(CC(C#N)C(N)=O)ccc1O. The normalized spacial score (nSPS) is 11.5. The van der Waals surface area contributed by atoms with Crippen molar-refractivity contribution in [2.45, 2.75) is 6.42 Å². The zero-order valence-electron chi connectivity index (χ0n) is 8.80. The van der Waals surface area contributed by atoms with E-state index in [0.717, 1.165) is 0 Å². The largest absolute Gasteiger partial charge is 0.504 e. The molecule has 5 nitrogen and oxygen atoms in total. The number of hydrogen-bond acceptors (Lipinski definition) is 4. The molecule has 1 unspecified atom stereocenters. The Morgan fingerprint density at radius 3 is 2.88 bits per heavy atom. The van der Waals surface area contributed by atoms with Gasteiger partial charge in [-0.15, -0.1) is 0 Å². The molecule has 1 atom stereocenters. The number of nitrogens with two attached hydrogens (primary N) is 1. The van der Waals surface area contributed by atoms with E-state index in [1.165, 1.54) is 13.2 Å². The number of amides is 1. The Hall–Kier alpha value is -2.22. The number of benzene rings is 1. The van der Waals surface area contributed by atoms with Crippen molar-refractivity contribution >= 4 is 5.91 Å². The van der Waals surface area contributed by atoms with Crippen LogP contribution in [0.4, 0.5) is 0 Å². The Kier molecular flexibility index (Phi) is 3.72. The van der Waals surface area contributed by atoms with Crippen molar-refractivity contribution in [2.24, 2.45) is 11.7 Å². The van der Waals surface area contributed by atoms with E-state index in [9.17, 15) is 9.90 Å². The average Bonchev–Trinajstić information content (AvgIpc) is 2.27. The van der Waals surface area contributed by atoms with E-state index in [0.29, 0.717) is 11.3 Å². The average molecular weight is 220 g/mol. The highest BCUT2D eigenvalue weighted by Crippen LogP contribution is 2.27. The van der Waals surface area contributed by atoms with Gasteiger partial charge >= 0.3 is 0 Å². The third-order valence-electron chi connectivity index (χ3n) is 2.18. The van der Waals surface area contributed by atoms with Gasteiger partial charge in [0.25, 0.3) is 0 Å². The van der Waals surface area contributed by atoms with Crippen molar-refractivity contribution < 1.29 is 14.6 Å². The van der Waals surface area contributed by atoms with Crippen LogP contribution in [0.1, 0.15) is 5.56 Å². The molecule has 0 aromatic heterocycles. The number of hydrogen-bond donors (Lipinski definition) is 2. The first kappa shape index (κ1) is 11.9. The first-order valence-electron chi connectivity index (χ1n) is 4.63. The first-order valence-corrected chi connectivity index (χ1v) is 4.63. The minimum absolute atomic E-state index is 0.0128. The van der Waals surface area contributed by atoms with Gasteiger partial charge in [-0.3, -0.25) is 4.79 Å². The molecule has 3 N–H and O–H groups in total. The second kappa shape index (κ2) is 5.03. The highest BCUT2D eigenvalue weighted by atomic mass is 16.5. The summed E-state index contributed by atoms with van der Waals surface area (Å²) in [7, 11) is 1.43. The molecular weight excluding hydrogens is 208 g/mol. The minimum atomic E-state index is -0.866. The molecule has 0 aliphatic heterocycles. The summed E-state index contributed by atoms with van der Waals surface area (Å²) in [5.74, 6) is -1.21. The van der Waals surface area contributed by atoms with E-state index in [4.69, 9.17) is 15.7 Å². The molecule has 16 heavy (non-hydrogen) atoms. The minimum Gasteiger partial charge on any atom is -0.504 e. The number of nitrogens with zero attached hydrogens (tertiary/aromatic N) is 1. The molecule has 0 heterocycles. The maximum Gasteiger partial charge on any atom is 0.235 e.